The van der Waals surface area contributed by atoms with Crippen molar-refractivity contribution in [1.29, 1.82) is 0 Å². The monoisotopic (exact) mass is 344 g/mol. The second-order valence-corrected chi connectivity index (χ2v) is 7.39. The summed E-state index contributed by atoms with van der Waals surface area (Å²) in [5.74, 6) is 3.24. The Balaban J connectivity index is 1.65. The minimum absolute atomic E-state index is 0.110. The van der Waals surface area contributed by atoms with Gasteiger partial charge in [0.2, 0.25) is 0 Å². The molecule has 1 aromatic rings. The number of nitrogens with zero attached hydrogens (tertiary/aromatic N) is 2. The van der Waals surface area contributed by atoms with Crippen LogP contribution in [0.3, 0.4) is 0 Å². The number of carbonyl (C=O) groups is 1. The number of amides is 1. The molecule has 0 bridgehead atoms. The Bertz CT molecular complexity index is 605. The molecule has 5 heteroatoms. The minimum atomic E-state index is 0.110. The molecule has 0 aromatic heterocycles. The lowest BCUT2D eigenvalue weighted by Crippen LogP contribution is -2.40. The van der Waals surface area contributed by atoms with E-state index in [9.17, 15) is 4.79 Å². The van der Waals surface area contributed by atoms with E-state index in [4.69, 9.17) is 11.2 Å². The summed E-state index contributed by atoms with van der Waals surface area (Å²) in [5, 5.41) is 0.505. The van der Waals surface area contributed by atoms with Crippen LogP contribution in [0, 0.1) is 12.3 Å². The van der Waals surface area contributed by atoms with Crippen LogP contribution in [0.5, 0.6) is 5.75 Å². The smallest absolute Gasteiger partial charge is 0.253 e. The minimum Gasteiger partial charge on any atom is -0.481 e. The highest BCUT2D eigenvalue weighted by Crippen LogP contribution is 2.29. The molecule has 2 saturated heterocycles. The van der Waals surface area contributed by atoms with Gasteiger partial charge in [0.05, 0.1) is 0 Å². The fourth-order valence-electron chi connectivity index (χ4n) is 3.58. The standard InChI is InChI=1S/C19H24N2O2S/c1-3-12-23-16-8-6-15(7-9-16)19(22)21-13-17(18(14-21)24-2)20-10-4-5-11-20/h1,6-9,17-18H,4-5,10-14H2,2H3/t17-,18+/m1/s1. The molecule has 2 aliphatic rings. The Labute approximate surface area is 148 Å². The molecule has 2 aliphatic heterocycles. The summed E-state index contributed by atoms with van der Waals surface area (Å²) in [7, 11) is 0. The number of likely N-dealkylation sites (tertiary alicyclic amines) is 2. The molecule has 0 spiro atoms. The second-order valence-electron chi connectivity index (χ2n) is 6.31. The van der Waals surface area contributed by atoms with Gasteiger partial charge in [-0.1, -0.05) is 5.92 Å². The normalized spacial score (nSPS) is 24.1. The summed E-state index contributed by atoms with van der Waals surface area (Å²) in [6.45, 7) is 4.25. The molecule has 3 rings (SSSR count). The van der Waals surface area contributed by atoms with Gasteiger partial charge in [0.1, 0.15) is 12.4 Å². The second kappa shape index (κ2) is 7.96. The molecule has 0 aliphatic carbocycles. The van der Waals surface area contributed by atoms with Crippen LogP contribution in [0.1, 0.15) is 23.2 Å². The van der Waals surface area contributed by atoms with Gasteiger partial charge in [-0.3, -0.25) is 9.69 Å². The number of hydrogen-bond acceptors (Lipinski definition) is 4. The molecule has 4 nitrogen and oxygen atoms in total. The largest absolute Gasteiger partial charge is 0.481 e. The number of carbonyl (C=O) groups excluding carboxylic acids is 1. The van der Waals surface area contributed by atoms with Gasteiger partial charge in [-0.2, -0.15) is 11.8 Å². The van der Waals surface area contributed by atoms with Crippen LogP contribution in [0.15, 0.2) is 24.3 Å². The maximum Gasteiger partial charge on any atom is 0.253 e. The molecular weight excluding hydrogens is 320 g/mol. The number of thioether (sulfide) groups is 1. The number of benzene rings is 1. The zero-order chi connectivity index (χ0) is 16.9. The molecular formula is C19H24N2O2S. The Morgan fingerprint density at radius 3 is 2.62 bits per heavy atom. The Hall–Kier alpha value is -1.64. The predicted molar refractivity (Wildman–Crippen MR) is 98.6 cm³/mol. The first-order valence-electron chi connectivity index (χ1n) is 8.45. The lowest BCUT2D eigenvalue weighted by molar-refractivity contribution is 0.0780. The maximum absolute atomic E-state index is 12.8. The highest BCUT2D eigenvalue weighted by Gasteiger charge is 2.39. The fourth-order valence-corrected chi connectivity index (χ4v) is 4.48. The highest BCUT2D eigenvalue weighted by atomic mass is 32.2. The number of ether oxygens (including phenoxy) is 1. The van der Waals surface area contributed by atoms with Crippen LogP contribution in [0.2, 0.25) is 0 Å². The zero-order valence-corrected chi connectivity index (χ0v) is 14.9. The van der Waals surface area contributed by atoms with E-state index in [0.29, 0.717) is 22.6 Å². The van der Waals surface area contributed by atoms with E-state index < -0.39 is 0 Å². The molecule has 0 N–H and O–H groups in total. The van der Waals surface area contributed by atoms with Crippen molar-refractivity contribution in [1.82, 2.24) is 9.80 Å². The zero-order valence-electron chi connectivity index (χ0n) is 14.1. The quantitative estimate of drug-likeness (QED) is 0.768. The predicted octanol–water partition coefficient (Wildman–Crippen LogP) is 2.35. The van der Waals surface area contributed by atoms with Gasteiger partial charge in [-0.25, -0.2) is 0 Å². The molecule has 128 valence electrons. The van der Waals surface area contributed by atoms with Crippen LogP contribution in [-0.2, 0) is 0 Å². The van der Waals surface area contributed by atoms with Crippen molar-refractivity contribution in [2.24, 2.45) is 0 Å². The number of rotatable bonds is 5. The van der Waals surface area contributed by atoms with E-state index in [0.717, 1.165) is 13.1 Å². The highest BCUT2D eigenvalue weighted by molar-refractivity contribution is 7.99. The molecule has 2 heterocycles. The van der Waals surface area contributed by atoms with Crippen molar-refractivity contribution < 1.29 is 9.53 Å². The van der Waals surface area contributed by atoms with Crippen molar-refractivity contribution in [3.8, 4) is 18.1 Å². The van der Waals surface area contributed by atoms with E-state index >= 15 is 0 Å². The summed E-state index contributed by atoms with van der Waals surface area (Å²) in [6.07, 6.45) is 9.90. The van der Waals surface area contributed by atoms with E-state index in [-0.39, 0.29) is 12.5 Å². The first kappa shape index (κ1) is 17.2. The average molecular weight is 344 g/mol. The molecule has 0 radical (unpaired) electrons. The first-order chi connectivity index (χ1) is 11.7. The molecule has 2 fully saturated rings. The van der Waals surface area contributed by atoms with Gasteiger partial charge < -0.3 is 9.64 Å². The number of hydrogen-bond donors (Lipinski definition) is 0. The fraction of sp³-hybridized carbons (Fsp3) is 0.526. The SMILES string of the molecule is C#CCOc1ccc(C(=O)N2C[C@H](SC)[C@H](N3CCCC3)C2)cc1. The summed E-state index contributed by atoms with van der Waals surface area (Å²) in [6, 6.07) is 7.76. The third kappa shape index (κ3) is 3.71. The summed E-state index contributed by atoms with van der Waals surface area (Å²) >= 11 is 1.88. The molecule has 2 atom stereocenters. The van der Waals surface area contributed by atoms with Crippen molar-refractivity contribution in [3.63, 3.8) is 0 Å². The third-order valence-electron chi connectivity index (χ3n) is 4.86. The topological polar surface area (TPSA) is 32.8 Å². The first-order valence-corrected chi connectivity index (χ1v) is 9.74. The van der Waals surface area contributed by atoms with Gasteiger partial charge in [0.15, 0.2) is 0 Å². The van der Waals surface area contributed by atoms with Crippen molar-refractivity contribution in [2.75, 3.05) is 39.0 Å². The lowest BCUT2D eigenvalue weighted by Gasteiger charge is -2.27. The molecule has 1 amide bonds. The van der Waals surface area contributed by atoms with Gasteiger partial charge in [-0.15, -0.1) is 6.42 Å². The van der Waals surface area contributed by atoms with E-state index in [2.05, 4.69) is 17.1 Å². The van der Waals surface area contributed by atoms with E-state index in [1.807, 2.05) is 40.9 Å². The van der Waals surface area contributed by atoms with Crippen molar-refractivity contribution in [3.05, 3.63) is 29.8 Å². The molecule has 0 unspecified atom stereocenters. The van der Waals surface area contributed by atoms with Crippen molar-refractivity contribution in [2.45, 2.75) is 24.1 Å². The van der Waals surface area contributed by atoms with Gasteiger partial charge in [-0.05, 0) is 56.5 Å². The lowest BCUT2D eigenvalue weighted by atomic mass is 10.2. The van der Waals surface area contributed by atoms with E-state index in [1.54, 1.807) is 0 Å². The molecule has 24 heavy (non-hydrogen) atoms. The van der Waals surface area contributed by atoms with Crippen LogP contribution >= 0.6 is 11.8 Å². The number of terminal acetylenes is 1. The Kier molecular flexibility index (Phi) is 5.70. The maximum atomic E-state index is 12.8. The van der Waals surface area contributed by atoms with Crippen LogP contribution < -0.4 is 4.74 Å². The third-order valence-corrected chi connectivity index (χ3v) is 5.93. The van der Waals surface area contributed by atoms with Gasteiger partial charge in [0, 0.05) is 29.9 Å². The average Bonchev–Trinajstić information content (AvgIpc) is 3.28. The van der Waals surface area contributed by atoms with Crippen LogP contribution in [-0.4, -0.2) is 66.0 Å². The Morgan fingerprint density at radius 1 is 1.29 bits per heavy atom. The van der Waals surface area contributed by atoms with Gasteiger partial charge >= 0.3 is 0 Å². The molecule has 1 aromatic carbocycles. The summed E-state index contributed by atoms with van der Waals surface area (Å²) < 4.78 is 5.36. The molecule has 0 saturated carbocycles. The van der Waals surface area contributed by atoms with Crippen LogP contribution in [0.4, 0.5) is 0 Å². The van der Waals surface area contributed by atoms with Crippen molar-refractivity contribution >= 4 is 17.7 Å². The van der Waals surface area contributed by atoms with E-state index in [1.165, 1.54) is 25.9 Å². The summed E-state index contributed by atoms with van der Waals surface area (Å²) in [4.78, 5) is 17.4. The Morgan fingerprint density at radius 2 is 2.00 bits per heavy atom. The summed E-state index contributed by atoms with van der Waals surface area (Å²) in [5.41, 5.74) is 0.713. The van der Waals surface area contributed by atoms with Gasteiger partial charge in [0.25, 0.3) is 5.91 Å². The van der Waals surface area contributed by atoms with Crippen LogP contribution in [0.25, 0.3) is 0 Å².